The Kier molecular flexibility index (Phi) is 4.55. The van der Waals surface area contributed by atoms with Gasteiger partial charge in [0.15, 0.2) is 6.10 Å². The van der Waals surface area contributed by atoms with Gasteiger partial charge in [-0.05, 0) is 25.5 Å². The third-order valence-electron chi connectivity index (χ3n) is 3.10. The van der Waals surface area contributed by atoms with Gasteiger partial charge < -0.3 is 15.4 Å². The molecule has 19 heavy (non-hydrogen) atoms. The van der Waals surface area contributed by atoms with Crippen LogP contribution < -0.4 is 10.5 Å². The number of likely N-dealkylation sites (tertiary alicyclic amines) is 1. The first kappa shape index (κ1) is 14.4. The lowest BCUT2D eigenvalue weighted by atomic mass is 10.3. The van der Waals surface area contributed by atoms with Crippen LogP contribution >= 0.6 is 23.2 Å². The zero-order chi connectivity index (χ0) is 14.0. The molecule has 0 bridgehead atoms. The molecule has 1 amide bonds. The average Bonchev–Trinajstić information content (AvgIpc) is 2.80. The Labute approximate surface area is 122 Å². The zero-order valence-corrected chi connectivity index (χ0v) is 12.1. The summed E-state index contributed by atoms with van der Waals surface area (Å²) in [6.45, 7) is 2.95. The Bertz CT molecular complexity index is 482. The van der Waals surface area contributed by atoms with Crippen molar-refractivity contribution < 1.29 is 9.53 Å². The summed E-state index contributed by atoms with van der Waals surface area (Å²) in [6, 6.07) is 5.15. The van der Waals surface area contributed by atoms with Gasteiger partial charge in [0.1, 0.15) is 10.8 Å². The first-order valence-electron chi connectivity index (χ1n) is 6.14. The average molecular weight is 303 g/mol. The maximum absolute atomic E-state index is 12.2. The fourth-order valence-electron chi connectivity index (χ4n) is 2.06. The molecule has 1 aromatic rings. The van der Waals surface area contributed by atoms with E-state index in [0.29, 0.717) is 28.9 Å². The van der Waals surface area contributed by atoms with Crippen molar-refractivity contribution in [3.8, 4) is 5.75 Å². The minimum Gasteiger partial charge on any atom is -0.479 e. The number of amides is 1. The normalized spacial score (nSPS) is 20.4. The number of nitrogens with two attached hydrogens (primary N) is 1. The van der Waals surface area contributed by atoms with E-state index in [1.807, 2.05) is 0 Å². The molecule has 2 rings (SSSR count). The van der Waals surface area contributed by atoms with Crippen LogP contribution in [0.2, 0.25) is 10.0 Å². The van der Waals surface area contributed by atoms with E-state index in [-0.39, 0.29) is 11.9 Å². The lowest BCUT2D eigenvalue weighted by molar-refractivity contribution is -0.136. The number of carbonyl (C=O) groups excluding carboxylic acids is 1. The van der Waals surface area contributed by atoms with E-state index in [1.165, 1.54) is 0 Å². The van der Waals surface area contributed by atoms with Gasteiger partial charge in [0.05, 0.1) is 5.02 Å². The van der Waals surface area contributed by atoms with Crippen LogP contribution in [-0.4, -0.2) is 36.0 Å². The van der Waals surface area contributed by atoms with Gasteiger partial charge >= 0.3 is 0 Å². The molecule has 1 saturated heterocycles. The molecular weight excluding hydrogens is 287 g/mol. The molecule has 0 aliphatic carbocycles. The fraction of sp³-hybridized carbons (Fsp3) is 0.462. The molecule has 1 heterocycles. The number of ether oxygens (including phenoxy) is 1. The van der Waals surface area contributed by atoms with E-state index in [1.54, 1.807) is 30.0 Å². The van der Waals surface area contributed by atoms with Gasteiger partial charge in [-0.1, -0.05) is 29.3 Å². The molecule has 2 atom stereocenters. The van der Waals surface area contributed by atoms with Crippen molar-refractivity contribution in [2.24, 2.45) is 5.73 Å². The smallest absolute Gasteiger partial charge is 0.263 e. The van der Waals surface area contributed by atoms with Crippen molar-refractivity contribution in [2.45, 2.75) is 25.5 Å². The van der Waals surface area contributed by atoms with Gasteiger partial charge in [-0.3, -0.25) is 4.79 Å². The van der Waals surface area contributed by atoms with Crippen molar-refractivity contribution in [2.75, 3.05) is 13.1 Å². The van der Waals surface area contributed by atoms with E-state index in [4.69, 9.17) is 33.7 Å². The van der Waals surface area contributed by atoms with E-state index in [2.05, 4.69) is 0 Å². The van der Waals surface area contributed by atoms with Crippen LogP contribution in [0.15, 0.2) is 18.2 Å². The van der Waals surface area contributed by atoms with Crippen LogP contribution in [0.25, 0.3) is 0 Å². The molecule has 1 unspecified atom stereocenters. The number of halogens is 2. The summed E-state index contributed by atoms with van der Waals surface area (Å²) in [4.78, 5) is 13.9. The zero-order valence-electron chi connectivity index (χ0n) is 10.6. The van der Waals surface area contributed by atoms with Crippen LogP contribution in [-0.2, 0) is 4.79 Å². The first-order valence-corrected chi connectivity index (χ1v) is 6.89. The van der Waals surface area contributed by atoms with Gasteiger partial charge in [0, 0.05) is 19.1 Å². The molecule has 104 valence electrons. The molecule has 2 N–H and O–H groups in total. The van der Waals surface area contributed by atoms with Gasteiger partial charge in [0.25, 0.3) is 5.91 Å². The van der Waals surface area contributed by atoms with Crippen LogP contribution in [0.1, 0.15) is 13.3 Å². The quantitative estimate of drug-likeness (QED) is 0.932. The first-order chi connectivity index (χ1) is 8.99. The molecule has 0 saturated carbocycles. The standard InChI is InChI=1S/C13H16Cl2N2O2/c1-8(13(18)17-6-5-9(16)7-17)19-11-4-2-3-10(14)12(11)15/h2-4,8-9H,5-7,16H2,1H3/t8?,9-/m1/s1. The lowest BCUT2D eigenvalue weighted by Crippen LogP contribution is -2.40. The van der Waals surface area contributed by atoms with E-state index < -0.39 is 6.10 Å². The molecule has 0 spiro atoms. The third kappa shape index (κ3) is 3.32. The number of carbonyl (C=O) groups is 1. The van der Waals surface area contributed by atoms with Crippen molar-refractivity contribution in [3.05, 3.63) is 28.2 Å². The molecule has 6 heteroatoms. The topological polar surface area (TPSA) is 55.6 Å². The molecule has 1 fully saturated rings. The number of hydrogen-bond donors (Lipinski definition) is 1. The summed E-state index contributed by atoms with van der Waals surface area (Å²) in [6.07, 6.45) is 0.220. The Hall–Kier alpha value is -0.970. The van der Waals surface area contributed by atoms with Gasteiger partial charge in [-0.2, -0.15) is 0 Å². The van der Waals surface area contributed by atoms with Crippen LogP contribution in [0.3, 0.4) is 0 Å². The third-order valence-corrected chi connectivity index (χ3v) is 3.91. The van der Waals surface area contributed by atoms with Crippen LogP contribution in [0.5, 0.6) is 5.75 Å². The Morgan fingerprint density at radius 1 is 1.53 bits per heavy atom. The second-order valence-corrected chi connectivity index (χ2v) is 5.43. The summed E-state index contributed by atoms with van der Waals surface area (Å²) in [7, 11) is 0. The highest BCUT2D eigenvalue weighted by molar-refractivity contribution is 6.42. The van der Waals surface area contributed by atoms with Crippen molar-refractivity contribution in [3.63, 3.8) is 0 Å². The largest absolute Gasteiger partial charge is 0.479 e. The molecule has 1 aliphatic heterocycles. The molecule has 4 nitrogen and oxygen atoms in total. The number of benzene rings is 1. The maximum Gasteiger partial charge on any atom is 0.263 e. The number of rotatable bonds is 3. The lowest BCUT2D eigenvalue weighted by Gasteiger charge is -2.22. The summed E-state index contributed by atoms with van der Waals surface area (Å²) in [5, 5.41) is 0.726. The highest BCUT2D eigenvalue weighted by atomic mass is 35.5. The predicted molar refractivity (Wildman–Crippen MR) is 75.7 cm³/mol. The van der Waals surface area contributed by atoms with Gasteiger partial charge in [-0.15, -0.1) is 0 Å². The molecule has 0 aromatic heterocycles. The highest BCUT2D eigenvalue weighted by Crippen LogP contribution is 2.32. The van der Waals surface area contributed by atoms with Gasteiger partial charge in [0.2, 0.25) is 0 Å². The van der Waals surface area contributed by atoms with Gasteiger partial charge in [-0.25, -0.2) is 0 Å². The fourth-order valence-corrected chi connectivity index (χ4v) is 2.40. The second-order valence-electron chi connectivity index (χ2n) is 4.65. The summed E-state index contributed by atoms with van der Waals surface area (Å²) >= 11 is 11.9. The maximum atomic E-state index is 12.2. The Morgan fingerprint density at radius 2 is 2.26 bits per heavy atom. The van der Waals surface area contributed by atoms with Crippen LogP contribution in [0.4, 0.5) is 0 Å². The number of hydrogen-bond acceptors (Lipinski definition) is 3. The van der Waals surface area contributed by atoms with Crippen molar-refractivity contribution in [1.82, 2.24) is 4.90 Å². The second kappa shape index (κ2) is 5.99. The number of nitrogens with zero attached hydrogens (tertiary/aromatic N) is 1. The monoisotopic (exact) mass is 302 g/mol. The molecular formula is C13H16Cl2N2O2. The van der Waals surface area contributed by atoms with E-state index >= 15 is 0 Å². The molecule has 1 aromatic carbocycles. The highest BCUT2D eigenvalue weighted by Gasteiger charge is 2.28. The minimum atomic E-state index is -0.610. The minimum absolute atomic E-state index is 0.0610. The van der Waals surface area contributed by atoms with E-state index in [9.17, 15) is 4.79 Å². The van der Waals surface area contributed by atoms with E-state index in [0.717, 1.165) is 6.42 Å². The molecule has 0 radical (unpaired) electrons. The summed E-state index contributed by atoms with van der Waals surface area (Å²) in [5.74, 6) is 0.336. The Balaban J connectivity index is 2.02. The summed E-state index contributed by atoms with van der Waals surface area (Å²) in [5.41, 5.74) is 5.79. The van der Waals surface area contributed by atoms with Crippen molar-refractivity contribution >= 4 is 29.1 Å². The van der Waals surface area contributed by atoms with Crippen molar-refractivity contribution in [1.29, 1.82) is 0 Å². The Morgan fingerprint density at radius 3 is 2.89 bits per heavy atom. The summed E-state index contributed by atoms with van der Waals surface area (Å²) < 4.78 is 5.59. The molecule has 1 aliphatic rings. The SMILES string of the molecule is CC(Oc1cccc(Cl)c1Cl)C(=O)N1CC[C@@H](N)C1. The predicted octanol–water partition coefficient (Wildman–Crippen LogP) is 2.32. The van der Waals surface area contributed by atoms with Crippen LogP contribution in [0, 0.1) is 0 Å².